The van der Waals surface area contributed by atoms with Gasteiger partial charge in [0.15, 0.2) is 11.5 Å². The van der Waals surface area contributed by atoms with Crippen molar-refractivity contribution in [3.63, 3.8) is 0 Å². The third-order valence-electron chi connectivity index (χ3n) is 5.27. The van der Waals surface area contributed by atoms with Crippen molar-refractivity contribution in [2.75, 3.05) is 24.4 Å². The summed E-state index contributed by atoms with van der Waals surface area (Å²) >= 11 is 0. The molecule has 2 amide bonds. The Balaban J connectivity index is 1.73. The van der Waals surface area contributed by atoms with Gasteiger partial charge in [-0.3, -0.25) is 9.59 Å². The maximum Gasteiger partial charge on any atom is 0.282 e. The topological polar surface area (TPSA) is 77.1 Å². The first-order valence-corrected chi connectivity index (χ1v) is 10.9. The van der Waals surface area contributed by atoms with Gasteiger partial charge in [0.2, 0.25) is 0 Å². The van der Waals surface area contributed by atoms with Crippen LogP contribution in [0.2, 0.25) is 0 Å². The molecule has 0 atom stereocenters. The van der Waals surface area contributed by atoms with E-state index >= 15 is 0 Å². The van der Waals surface area contributed by atoms with Crippen molar-refractivity contribution in [3.8, 4) is 17.2 Å². The monoisotopic (exact) mass is 458 g/mol. The third-order valence-corrected chi connectivity index (χ3v) is 5.27. The van der Waals surface area contributed by atoms with E-state index in [2.05, 4.69) is 5.32 Å². The second-order valence-electron chi connectivity index (χ2n) is 7.92. The number of carbonyl (C=O) groups excluding carboxylic acids is 2. The van der Waals surface area contributed by atoms with Crippen LogP contribution in [0.3, 0.4) is 0 Å². The minimum Gasteiger partial charge on any atom is -0.493 e. The van der Waals surface area contributed by atoms with Crippen LogP contribution in [-0.4, -0.2) is 32.1 Å². The molecule has 1 N–H and O–H groups in total. The van der Waals surface area contributed by atoms with Gasteiger partial charge in [0.05, 0.1) is 31.6 Å². The fourth-order valence-electron chi connectivity index (χ4n) is 3.75. The normalized spacial score (nSPS) is 13.5. The molecular weight excluding hydrogens is 432 g/mol. The number of amides is 2. The Kier molecular flexibility index (Phi) is 6.54. The van der Waals surface area contributed by atoms with Gasteiger partial charge in [0.1, 0.15) is 11.4 Å². The van der Waals surface area contributed by atoms with E-state index in [1.165, 1.54) is 14.2 Å². The average Bonchev–Trinajstić information content (AvgIpc) is 3.09. The lowest BCUT2D eigenvalue weighted by molar-refractivity contribution is -0.120. The zero-order chi connectivity index (χ0) is 24.2. The van der Waals surface area contributed by atoms with Crippen LogP contribution >= 0.6 is 0 Å². The number of hydrogen-bond donors (Lipinski definition) is 1. The van der Waals surface area contributed by atoms with Crippen molar-refractivity contribution < 1.29 is 23.8 Å². The van der Waals surface area contributed by atoms with E-state index in [9.17, 15) is 9.59 Å². The summed E-state index contributed by atoms with van der Waals surface area (Å²) in [5.74, 6) is 0.760. The van der Waals surface area contributed by atoms with Gasteiger partial charge in [-0.15, -0.1) is 0 Å². The Bertz CT molecular complexity index is 1230. The van der Waals surface area contributed by atoms with Crippen molar-refractivity contribution in [2.45, 2.75) is 20.0 Å². The van der Waals surface area contributed by atoms with Gasteiger partial charge in [0.25, 0.3) is 11.8 Å². The van der Waals surface area contributed by atoms with Crippen molar-refractivity contribution in [1.29, 1.82) is 0 Å². The van der Waals surface area contributed by atoms with Gasteiger partial charge < -0.3 is 19.5 Å². The number of nitrogens with one attached hydrogen (secondary N) is 1. The van der Waals surface area contributed by atoms with E-state index in [1.807, 2.05) is 56.3 Å². The number of anilines is 2. The molecule has 1 aliphatic heterocycles. The highest BCUT2D eigenvalue weighted by Gasteiger charge is 2.40. The summed E-state index contributed by atoms with van der Waals surface area (Å²) in [4.78, 5) is 28.3. The fraction of sp³-hybridized carbons (Fsp3) is 0.185. The summed E-state index contributed by atoms with van der Waals surface area (Å²) < 4.78 is 16.3. The van der Waals surface area contributed by atoms with Crippen molar-refractivity contribution in [1.82, 2.24) is 0 Å². The Labute approximate surface area is 198 Å². The Hall–Kier alpha value is -4.26. The minimum absolute atomic E-state index is 0.0512. The van der Waals surface area contributed by atoms with Crippen LogP contribution in [0.15, 0.2) is 78.5 Å². The molecule has 0 bridgehead atoms. The van der Waals surface area contributed by atoms with E-state index in [4.69, 9.17) is 14.2 Å². The smallest absolute Gasteiger partial charge is 0.282 e. The van der Waals surface area contributed by atoms with Crippen molar-refractivity contribution >= 4 is 28.8 Å². The molecule has 0 fully saturated rings. The first kappa shape index (κ1) is 22.9. The second kappa shape index (κ2) is 9.70. The summed E-state index contributed by atoms with van der Waals surface area (Å²) in [6, 6.07) is 21.3. The highest BCUT2D eigenvalue weighted by molar-refractivity contribution is 6.46. The van der Waals surface area contributed by atoms with Crippen LogP contribution in [0.4, 0.5) is 11.4 Å². The van der Waals surface area contributed by atoms with Crippen LogP contribution in [0, 0.1) is 0 Å². The predicted molar refractivity (Wildman–Crippen MR) is 131 cm³/mol. The van der Waals surface area contributed by atoms with Gasteiger partial charge in [-0.05, 0) is 55.8 Å². The Morgan fingerprint density at radius 3 is 2.09 bits per heavy atom. The predicted octanol–water partition coefficient (Wildman–Crippen LogP) is 4.89. The molecule has 174 valence electrons. The number of rotatable bonds is 8. The molecule has 7 heteroatoms. The van der Waals surface area contributed by atoms with Gasteiger partial charge in [-0.1, -0.05) is 30.3 Å². The zero-order valence-electron chi connectivity index (χ0n) is 19.5. The van der Waals surface area contributed by atoms with Crippen LogP contribution in [-0.2, 0) is 9.59 Å². The SMILES string of the molecule is COc1ccc(N2C(=O)C(Nc3ccc(OC(C)C)cc3)=C(c3ccccc3)C2=O)cc1OC. The lowest BCUT2D eigenvalue weighted by Gasteiger charge is -2.17. The first-order chi connectivity index (χ1) is 16.4. The van der Waals surface area contributed by atoms with Gasteiger partial charge >= 0.3 is 0 Å². The molecule has 0 saturated carbocycles. The molecular formula is C27H26N2O5. The van der Waals surface area contributed by atoms with Crippen molar-refractivity contribution in [2.24, 2.45) is 0 Å². The van der Waals surface area contributed by atoms with Crippen LogP contribution in [0.1, 0.15) is 19.4 Å². The van der Waals surface area contributed by atoms with E-state index in [0.717, 1.165) is 10.6 Å². The summed E-state index contributed by atoms with van der Waals surface area (Å²) in [7, 11) is 3.03. The minimum atomic E-state index is -0.460. The highest BCUT2D eigenvalue weighted by atomic mass is 16.5. The molecule has 0 saturated heterocycles. The van der Waals surface area contributed by atoms with Gasteiger partial charge in [-0.25, -0.2) is 4.90 Å². The van der Waals surface area contributed by atoms with E-state index in [-0.39, 0.29) is 11.8 Å². The quantitative estimate of drug-likeness (QED) is 0.485. The average molecular weight is 459 g/mol. The lowest BCUT2D eigenvalue weighted by atomic mass is 10.0. The maximum absolute atomic E-state index is 13.6. The zero-order valence-corrected chi connectivity index (χ0v) is 19.5. The van der Waals surface area contributed by atoms with Crippen molar-refractivity contribution in [3.05, 3.63) is 84.1 Å². The molecule has 0 aliphatic carbocycles. The lowest BCUT2D eigenvalue weighted by Crippen LogP contribution is -2.32. The molecule has 0 spiro atoms. The number of imide groups is 1. The van der Waals surface area contributed by atoms with Crippen LogP contribution in [0.25, 0.3) is 5.57 Å². The Morgan fingerprint density at radius 1 is 0.794 bits per heavy atom. The van der Waals surface area contributed by atoms with Crippen LogP contribution < -0.4 is 24.4 Å². The summed E-state index contributed by atoms with van der Waals surface area (Å²) in [6.07, 6.45) is 0.0512. The molecule has 34 heavy (non-hydrogen) atoms. The molecule has 4 rings (SSSR count). The third kappa shape index (κ3) is 4.45. The summed E-state index contributed by atoms with van der Waals surface area (Å²) in [5, 5.41) is 3.16. The molecule has 0 aromatic heterocycles. The van der Waals surface area contributed by atoms with E-state index in [0.29, 0.717) is 34.0 Å². The molecule has 0 unspecified atom stereocenters. The molecule has 1 aliphatic rings. The summed E-state index contributed by atoms with van der Waals surface area (Å²) in [6.45, 7) is 3.91. The molecule has 3 aromatic carbocycles. The molecule has 1 heterocycles. The fourth-order valence-corrected chi connectivity index (χ4v) is 3.75. The number of benzene rings is 3. The molecule has 7 nitrogen and oxygen atoms in total. The second-order valence-corrected chi connectivity index (χ2v) is 7.92. The molecule has 3 aromatic rings. The van der Waals surface area contributed by atoms with Crippen LogP contribution in [0.5, 0.6) is 17.2 Å². The number of hydrogen-bond acceptors (Lipinski definition) is 6. The largest absolute Gasteiger partial charge is 0.493 e. The maximum atomic E-state index is 13.6. The van der Waals surface area contributed by atoms with Gasteiger partial charge in [0, 0.05) is 11.8 Å². The summed E-state index contributed by atoms with van der Waals surface area (Å²) in [5.41, 5.74) is 2.19. The van der Waals surface area contributed by atoms with Gasteiger partial charge in [-0.2, -0.15) is 0 Å². The standard InChI is InChI=1S/C27H26N2O5/c1-17(2)34-21-13-10-19(11-14-21)28-25-24(18-8-6-5-7-9-18)26(30)29(27(25)31)20-12-15-22(32-3)23(16-20)33-4/h5-17,28H,1-4H3. The number of methoxy groups -OCH3 is 2. The number of carbonyl (C=O) groups is 2. The Morgan fingerprint density at radius 2 is 1.47 bits per heavy atom. The van der Waals surface area contributed by atoms with E-state index < -0.39 is 11.8 Å². The number of nitrogens with zero attached hydrogens (tertiary/aromatic N) is 1. The number of ether oxygens (including phenoxy) is 3. The van der Waals surface area contributed by atoms with E-state index in [1.54, 1.807) is 30.3 Å². The highest BCUT2D eigenvalue weighted by Crippen LogP contribution is 2.37. The molecule has 0 radical (unpaired) electrons. The first-order valence-electron chi connectivity index (χ1n) is 10.9.